The molecule has 0 aromatic carbocycles. The molecule has 3 unspecified atom stereocenters. The highest BCUT2D eigenvalue weighted by molar-refractivity contribution is 7.91. The van der Waals surface area contributed by atoms with Crippen molar-refractivity contribution in [2.45, 2.75) is 31.5 Å². The zero-order chi connectivity index (χ0) is 15.8. The molecule has 0 saturated carbocycles. The summed E-state index contributed by atoms with van der Waals surface area (Å²) < 4.78 is 28.3. The molecular weight excluding hydrogens is 300 g/mol. The molecule has 120 valence electrons. The number of hydrogen-bond donors (Lipinski definition) is 1. The monoisotopic (exact) mass is 320 g/mol. The number of likely N-dealkylation sites (tertiary alicyclic amines) is 1. The first-order chi connectivity index (χ1) is 9.75. The summed E-state index contributed by atoms with van der Waals surface area (Å²) in [6.07, 6.45) is -0.0585. The maximum absolute atomic E-state index is 12.5. The number of carboxylic acid groups (broad SMARTS) is 1. The summed E-state index contributed by atoms with van der Waals surface area (Å²) in [5, 5.41) is 9.23. The summed E-state index contributed by atoms with van der Waals surface area (Å²) >= 11 is 0. The topological polar surface area (TPSA) is 104 Å². The Kier molecular flexibility index (Phi) is 4.43. The average Bonchev–Trinajstić information content (AvgIpc) is 2.81. The second kappa shape index (κ2) is 5.80. The van der Waals surface area contributed by atoms with E-state index in [9.17, 15) is 23.1 Å². The molecule has 0 aromatic rings. The molecule has 8 nitrogen and oxygen atoms in total. The van der Waals surface area contributed by atoms with Gasteiger partial charge in [-0.1, -0.05) is 0 Å². The van der Waals surface area contributed by atoms with Gasteiger partial charge >= 0.3 is 12.0 Å². The van der Waals surface area contributed by atoms with Crippen molar-refractivity contribution < 1.29 is 27.9 Å². The summed E-state index contributed by atoms with van der Waals surface area (Å²) in [6, 6.07) is -1.80. The fraction of sp³-hybridized carbons (Fsp3) is 0.833. The number of rotatable bonds is 2. The van der Waals surface area contributed by atoms with Crippen LogP contribution in [-0.4, -0.2) is 85.2 Å². The zero-order valence-corrected chi connectivity index (χ0v) is 12.9. The number of sulfone groups is 1. The second-order valence-corrected chi connectivity index (χ2v) is 7.77. The number of amides is 2. The van der Waals surface area contributed by atoms with E-state index in [1.807, 2.05) is 0 Å². The van der Waals surface area contributed by atoms with Crippen LogP contribution in [0.4, 0.5) is 4.79 Å². The molecule has 2 amide bonds. The Balaban J connectivity index is 2.13. The minimum Gasteiger partial charge on any atom is -0.480 e. The fourth-order valence-corrected chi connectivity index (χ4v) is 4.42. The average molecular weight is 320 g/mol. The zero-order valence-electron chi connectivity index (χ0n) is 12.1. The molecule has 2 aliphatic heterocycles. The number of carbonyl (C=O) groups excluding carboxylic acids is 1. The predicted molar refractivity (Wildman–Crippen MR) is 73.8 cm³/mol. The van der Waals surface area contributed by atoms with Gasteiger partial charge in [-0.05, 0) is 6.92 Å². The van der Waals surface area contributed by atoms with Gasteiger partial charge in [-0.2, -0.15) is 0 Å². The van der Waals surface area contributed by atoms with Crippen LogP contribution in [0.3, 0.4) is 0 Å². The van der Waals surface area contributed by atoms with Gasteiger partial charge in [-0.25, -0.2) is 18.0 Å². The Morgan fingerprint density at radius 3 is 2.48 bits per heavy atom. The van der Waals surface area contributed by atoms with Crippen LogP contribution in [0.5, 0.6) is 0 Å². The quantitative estimate of drug-likeness (QED) is 0.728. The smallest absolute Gasteiger partial charge is 0.326 e. The molecule has 2 fully saturated rings. The van der Waals surface area contributed by atoms with Gasteiger partial charge in [-0.15, -0.1) is 0 Å². The standard InChI is InChI=1S/C12H20N2O6S/c1-8-7-21(18,19)4-3-13(8)12(17)14-6-9(20-2)5-10(14)11(15)16/h8-10H,3-7H2,1-2H3,(H,15,16). The Labute approximate surface area is 123 Å². The van der Waals surface area contributed by atoms with E-state index in [0.717, 1.165) is 0 Å². The molecule has 2 aliphatic rings. The van der Waals surface area contributed by atoms with Crippen LogP contribution >= 0.6 is 0 Å². The van der Waals surface area contributed by atoms with Gasteiger partial charge in [0.15, 0.2) is 9.84 Å². The van der Waals surface area contributed by atoms with Crippen molar-refractivity contribution in [1.82, 2.24) is 9.80 Å². The van der Waals surface area contributed by atoms with E-state index in [0.29, 0.717) is 0 Å². The fourth-order valence-electron chi connectivity index (χ4n) is 2.86. The number of nitrogens with zero attached hydrogens (tertiary/aromatic N) is 2. The van der Waals surface area contributed by atoms with E-state index in [1.165, 1.54) is 16.9 Å². The molecule has 2 saturated heterocycles. The lowest BCUT2D eigenvalue weighted by Gasteiger charge is -2.37. The molecule has 9 heteroatoms. The molecular formula is C12H20N2O6S. The van der Waals surface area contributed by atoms with Crippen LogP contribution in [0.25, 0.3) is 0 Å². The largest absolute Gasteiger partial charge is 0.480 e. The number of ether oxygens (including phenoxy) is 1. The molecule has 3 atom stereocenters. The van der Waals surface area contributed by atoms with Crippen molar-refractivity contribution in [1.29, 1.82) is 0 Å². The predicted octanol–water partition coefficient (Wildman–Crippen LogP) is -0.601. The van der Waals surface area contributed by atoms with Crippen molar-refractivity contribution in [3.63, 3.8) is 0 Å². The SMILES string of the molecule is COC1CC(C(=O)O)N(C(=O)N2CCS(=O)(=O)CC2C)C1. The highest BCUT2D eigenvalue weighted by Crippen LogP contribution is 2.24. The summed E-state index contributed by atoms with van der Waals surface area (Å²) in [5.74, 6) is -1.24. The first-order valence-electron chi connectivity index (χ1n) is 6.78. The van der Waals surface area contributed by atoms with E-state index < -0.39 is 33.9 Å². The molecule has 0 aromatic heterocycles. The lowest BCUT2D eigenvalue weighted by molar-refractivity contribution is -0.141. The van der Waals surface area contributed by atoms with E-state index >= 15 is 0 Å². The van der Waals surface area contributed by atoms with Gasteiger partial charge in [0.1, 0.15) is 6.04 Å². The molecule has 0 radical (unpaired) electrons. The van der Waals surface area contributed by atoms with Crippen molar-refractivity contribution in [2.24, 2.45) is 0 Å². The van der Waals surface area contributed by atoms with Crippen LogP contribution in [0.1, 0.15) is 13.3 Å². The van der Waals surface area contributed by atoms with Crippen molar-refractivity contribution in [2.75, 3.05) is 31.7 Å². The van der Waals surface area contributed by atoms with E-state index in [1.54, 1.807) is 6.92 Å². The number of hydrogen-bond acceptors (Lipinski definition) is 5. The molecule has 21 heavy (non-hydrogen) atoms. The number of carbonyl (C=O) groups is 2. The summed E-state index contributed by atoms with van der Waals surface area (Å²) in [7, 11) is -1.64. The van der Waals surface area contributed by atoms with Crippen LogP contribution in [-0.2, 0) is 19.4 Å². The summed E-state index contributed by atoms with van der Waals surface area (Å²) in [6.45, 7) is 1.97. The summed E-state index contributed by atoms with van der Waals surface area (Å²) in [5.41, 5.74) is 0. The second-order valence-electron chi connectivity index (χ2n) is 5.54. The minimum atomic E-state index is -3.12. The molecule has 2 rings (SSSR count). The third kappa shape index (κ3) is 3.29. The van der Waals surface area contributed by atoms with Gasteiger partial charge < -0.3 is 19.6 Å². The third-order valence-corrected chi connectivity index (χ3v) is 5.84. The normalized spacial score (nSPS) is 32.2. The van der Waals surface area contributed by atoms with Crippen LogP contribution in [0.2, 0.25) is 0 Å². The Hall–Kier alpha value is -1.35. The highest BCUT2D eigenvalue weighted by Gasteiger charge is 2.43. The third-order valence-electron chi connectivity index (χ3n) is 4.04. The van der Waals surface area contributed by atoms with Gasteiger partial charge in [0, 0.05) is 32.7 Å². The number of urea groups is 1. The number of carboxylic acids is 1. The highest BCUT2D eigenvalue weighted by atomic mass is 32.2. The molecule has 0 bridgehead atoms. The minimum absolute atomic E-state index is 0.0810. The molecule has 2 heterocycles. The Bertz CT molecular complexity index is 534. The molecule has 0 spiro atoms. The lowest BCUT2D eigenvalue weighted by atomic mass is 10.2. The maximum Gasteiger partial charge on any atom is 0.326 e. The van der Waals surface area contributed by atoms with E-state index in [-0.39, 0.29) is 37.1 Å². The number of methoxy groups -OCH3 is 1. The lowest BCUT2D eigenvalue weighted by Crippen LogP contribution is -2.56. The van der Waals surface area contributed by atoms with Crippen LogP contribution < -0.4 is 0 Å². The maximum atomic E-state index is 12.5. The van der Waals surface area contributed by atoms with Crippen molar-refractivity contribution in [3.05, 3.63) is 0 Å². The van der Waals surface area contributed by atoms with Crippen LogP contribution in [0.15, 0.2) is 0 Å². The molecule has 1 N–H and O–H groups in total. The van der Waals surface area contributed by atoms with Gasteiger partial charge in [0.05, 0.1) is 17.6 Å². The van der Waals surface area contributed by atoms with E-state index in [4.69, 9.17) is 4.74 Å². The van der Waals surface area contributed by atoms with Gasteiger partial charge in [0.2, 0.25) is 0 Å². The first-order valence-corrected chi connectivity index (χ1v) is 8.60. The first kappa shape index (κ1) is 16.0. The Morgan fingerprint density at radius 1 is 1.29 bits per heavy atom. The molecule has 0 aliphatic carbocycles. The Morgan fingerprint density at radius 2 is 1.95 bits per heavy atom. The van der Waals surface area contributed by atoms with Gasteiger partial charge in [-0.3, -0.25) is 0 Å². The number of aliphatic carboxylic acids is 1. The van der Waals surface area contributed by atoms with Crippen molar-refractivity contribution >= 4 is 21.8 Å². The van der Waals surface area contributed by atoms with Crippen LogP contribution in [0, 0.1) is 0 Å². The summed E-state index contributed by atoms with van der Waals surface area (Å²) in [4.78, 5) is 26.5. The van der Waals surface area contributed by atoms with E-state index in [2.05, 4.69) is 0 Å². The van der Waals surface area contributed by atoms with Crippen molar-refractivity contribution in [3.8, 4) is 0 Å². The van der Waals surface area contributed by atoms with Gasteiger partial charge in [0.25, 0.3) is 0 Å².